The van der Waals surface area contributed by atoms with Gasteiger partial charge in [0.15, 0.2) is 0 Å². The fourth-order valence-corrected chi connectivity index (χ4v) is 0.695. The van der Waals surface area contributed by atoms with Crippen LogP contribution in [-0.4, -0.2) is 19.4 Å². The van der Waals surface area contributed by atoms with Crippen molar-refractivity contribution in [2.24, 2.45) is 0 Å². The lowest BCUT2D eigenvalue weighted by molar-refractivity contribution is -0.0492. The summed E-state index contributed by atoms with van der Waals surface area (Å²) in [7, 11) is 0. The van der Waals surface area contributed by atoms with Crippen LogP contribution in [0.25, 0.3) is 0 Å². The summed E-state index contributed by atoms with van der Waals surface area (Å²) in [5, 5.41) is 0. The van der Waals surface area contributed by atoms with E-state index in [0.29, 0.717) is 6.61 Å². The Balaban J connectivity index is 2.14. The topological polar surface area (TPSA) is 35.5 Å². The Kier molecular flexibility index (Phi) is 1.86. The number of rotatable bonds is 2. The first kappa shape index (κ1) is 5.56. The SMILES string of the molecule is O=[C]OC1CCCO1. The molecule has 0 aliphatic carbocycles. The van der Waals surface area contributed by atoms with Crippen molar-refractivity contribution < 1.29 is 14.3 Å². The van der Waals surface area contributed by atoms with Gasteiger partial charge in [-0.15, -0.1) is 0 Å². The van der Waals surface area contributed by atoms with Gasteiger partial charge in [0.25, 0.3) is 0 Å². The summed E-state index contributed by atoms with van der Waals surface area (Å²) >= 11 is 0. The van der Waals surface area contributed by atoms with Crippen molar-refractivity contribution in [1.29, 1.82) is 0 Å². The van der Waals surface area contributed by atoms with Crippen molar-refractivity contribution in [3.8, 4) is 0 Å². The van der Waals surface area contributed by atoms with Crippen LogP contribution < -0.4 is 0 Å². The van der Waals surface area contributed by atoms with Crippen LogP contribution in [0, 0.1) is 0 Å². The summed E-state index contributed by atoms with van der Waals surface area (Å²) in [6, 6.07) is 0. The Morgan fingerprint density at radius 1 is 1.75 bits per heavy atom. The number of carbonyl (C=O) groups excluding carboxylic acids is 1. The Morgan fingerprint density at radius 2 is 2.62 bits per heavy atom. The quantitative estimate of drug-likeness (QED) is 0.516. The predicted octanol–water partition coefficient (Wildman–Crippen LogP) is 0.207. The van der Waals surface area contributed by atoms with E-state index < -0.39 is 0 Å². The van der Waals surface area contributed by atoms with Crippen LogP contribution in [0.5, 0.6) is 0 Å². The maximum absolute atomic E-state index is 9.53. The van der Waals surface area contributed by atoms with Gasteiger partial charge in [-0.05, 0) is 6.42 Å². The molecule has 0 amide bonds. The van der Waals surface area contributed by atoms with E-state index in [1.807, 2.05) is 0 Å². The third-order valence-electron chi connectivity index (χ3n) is 1.07. The molecule has 3 heteroatoms. The molecule has 1 radical (unpaired) electrons. The number of ether oxygens (including phenoxy) is 2. The summed E-state index contributed by atoms with van der Waals surface area (Å²) in [4.78, 5) is 9.53. The highest BCUT2D eigenvalue weighted by molar-refractivity contribution is 5.38. The van der Waals surface area contributed by atoms with Gasteiger partial charge in [0.1, 0.15) is 0 Å². The summed E-state index contributed by atoms with van der Waals surface area (Å²) in [6.45, 7) is 2.04. The second-order valence-corrected chi connectivity index (χ2v) is 1.64. The first-order valence-corrected chi connectivity index (χ1v) is 2.58. The number of hydrogen-bond acceptors (Lipinski definition) is 3. The molecule has 0 aromatic heterocycles. The highest BCUT2D eigenvalue weighted by Gasteiger charge is 2.15. The summed E-state index contributed by atoms with van der Waals surface area (Å²) in [5.74, 6) is 0. The molecule has 1 atom stereocenters. The van der Waals surface area contributed by atoms with Gasteiger partial charge in [0.2, 0.25) is 6.29 Å². The molecule has 1 aliphatic heterocycles. The summed E-state index contributed by atoms with van der Waals surface area (Å²) in [5.41, 5.74) is 0. The molecule has 3 nitrogen and oxygen atoms in total. The molecule has 0 saturated carbocycles. The number of hydrogen-bond donors (Lipinski definition) is 0. The molecule has 1 unspecified atom stereocenters. The van der Waals surface area contributed by atoms with Crippen molar-refractivity contribution in [3.63, 3.8) is 0 Å². The van der Waals surface area contributed by atoms with Gasteiger partial charge in [-0.25, -0.2) is 4.79 Å². The van der Waals surface area contributed by atoms with E-state index in [4.69, 9.17) is 4.74 Å². The fraction of sp³-hybridized carbons (Fsp3) is 0.800. The second kappa shape index (κ2) is 2.67. The highest BCUT2D eigenvalue weighted by atomic mass is 16.7. The second-order valence-electron chi connectivity index (χ2n) is 1.64. The molecule has 0 aromatic rings. The third kappa shape index (κ3) is 1.20. The Bertz CT molecular complexity index is 75.7. The molecule has 8 heavy (non-hydrogen) atoms. The van der Waals surface area contributed by atoms with E-state index >= 15 is 0 Å². The molecule has 1 rings (SSSR count). The predicted molar refractivity (Wildman–Crippen MR) is 25.8 cm³/mol. The normalized spacial score (nSPS) is 27.8. The lowest BCUT2D eigenvalue weighted by Crippen LogP contribution is -2.08. The molecule has 1 heterocycles. The fourth-order valence-electron chi connectivity index (χ4n) is 0.695. The molecule has 0 bridgehead atoms. The van der Waals surface area contributed by atoms with Crippen molar-refractivity contribution in [1.82, 2.24) is 0 Å². The van der Waals surface area contributed by atoms with Gasteiger partial charge in [-0.1, -0.05) is 0 Å². The first-order valence-electron chi connectivity index (χ1n) is 2.58. The van der Waals surface area contributed by atoms with Crippen LogP contribution in [-0.2, 0) is 14.3 Å². The van der Waals surface area contributed by atoms with E-state index in [1.54, 1.807) is 0 Å². The van der Waals surface area contributed by atoms with Crippen molar-refractivity contribution in [2.45, 2.75) is 19.1 Å². The minimum Gasteiger partial charge on any atom is -0.427 e. The molecular weight excluding hydrogens is 108 g/mol. The molecule has 1 aliphatic rings. The van der Waals surface area contributed by atoms with Crippen molar-refractivity contribution >= 4 is 6.47 Å². The average Bonchev–Trinajstić information content (AvgIpc) is 2.19. The smallest absolute Gasteiger partial charge is 0.419 e. The minimum absolute atomic E-state index is 0.313. The van der Waals surface area contributed by atoms with Crippen LogP contribution >= 0.6 is 0 Å². The molecule has 1 fully saturated rings. The van der Waals surface area contributed by atoms with Gasteiger partial charge in [-0.3, -0.25) is 0 Å². The van der Waals surface area contributed by atoms with Crippen LogP contribution in [0.15, 0.2) is 0 Å². The maximum atomic E-state index is 9.53. The van der Waals surface area contributed by atoms with Crippen LogP contribution in [0.2, 0.25) is 0 Å². The van der Waals surface area contributed by atoms with E-state index in [0.717, 1.165) is 12.8 Å². The van der Waals surface area contributed by atoms with Crippen LogP contribution in [0.4, 0.5) is 0 Å². The van der Waals surface area contributed by atoms with E-state index in [2.05, 4.69) is 4.74 Å². The van der Waals surface area contributed by atoms with Crippen molar-refractivity contribution in [3.05, 3.63) is 0 Å². The zero-order chi connectivity index (χ0) is 5.82. The third-order valence-corrected chi connectivity index (χ3v) is 1.07. The van der Waals surface area contributed by atoms with E-state index in [9.17, 15) is 4.79 Å². The lowest BCUT2D eigenvalue weighted by Gasteiger charge is -2.02. The molecule has 45 valence electrons. The van der Waals surface area contributed by atoms with Gasteiger partial charge < -0.3 is 9.47 Å². The zero-order valence-electron chi connectivity index (χ0n) is 4.42. The van der Waals surface area contributed by atoms with Gasteiger partial charge >= 0.3 is 6.47 Å². The first-order chi connectivity index (χ1) is 3.93. The van der Waals surface area contributed by atoms with E-state index in [1.165, 1.54) is 6.47 Å². The largest absolute Gasteiger partial charge is 0.427 e. The average molecular weight is 115 g/mol. The van der Waals surface area contributed by atoms with Crippen molar-refractivity contribution in [2.75, 3.05) is 6.61 Å². The maximum Gasteiger partial charge on any atom is 0.419 e. The Hall–Kier alpha value is -0.570. The molecule has 0 N–H and O–H groups in total. The van der Waals surface area contributed by atoms with Crippen LogP contribution in [0.1, 0.15) is 12.8 Å². The highest BCUT2D eigenvalue weighted by Crippen LogP contribution is 2.11. The molecular formula is C5H7O3. The van der Waals surface area contributed by atoms with E-state index in [-0.39, 0.29) is 6.29 Å². The van der Waals surface area contributed by atoms with Crippen LogP contribution in [0.3, 0.4) is 0 Å². The van der Waals surface area contributed by atoms with Gasteiger partial charge in [-0.2, -0.15) is 0 Å². The summed E-state index contributed by atoms with van der Waals surface area (Å²) in [6.07, 6.45) is 1.48. The molecule has 1 saturated heterocycles. The Morgan fingerprint density at radius 3 is 3.12 bits per heavy atom. The van der Waals surface area contributed by atoms with Gasteiger partial charge in [0.05, 0.1) is 6.61 Å². The monoisotopic (exact) mass is 115 g/mol. The lowest BCUT2D eigenvalue weighted by atomic mass is 10.4. The zero-order valence-corrected chi connectivity index (χ0v) is 4.42. The summed E-state index contributed by atoms with van der Waals surface area (Å²) < 4.78 is 9.28. The van der Waals surface area contributed by atoms with Gasteiger partial charge in [0, 0.05) is 6.42 Å². The molecule has 0 aromatic carbocycles. The standard InChI is InChI=1S/C5H7O3/c6-4-8-5-2-1-3-7-5/h5H,1-3H2. The molecule has 0 spiro atoms. The minimum atomic E-state index is -0.313. The Labute approximate surface area is 47.6 Å².